The van der Waals surface area contributed by atoms with Crippen molar-refractivity contribution in [1.29, 1.82) is 0 Å². The van der Waals surface area contributed by atoms with Gasteiger partial charge in [0.1, 0.15) is 6.10 Å². The van der Waals surface area contributed by atoms with Gasteiger partial charge in [-0.15, -0.1) is 0 Å². The van der Waals surface area contributed by atoms with E-state index in [0.29, 0.717) is 6.42 Å². The molecule has 0 N–H and O–H groups in total. The quantitative estimate of drug-likeness (QED) is 0.636. The molecule has 3 fully saturated rings. The minimum Gasteiger partial charge on any atom is -0.493 e. The molecule has 0 radical (unpaired) electrons. The third-order valence-electron chi connectivity index (χ3n) is 8.62. The summed E-state index contributed by atoms with van der Waals surface area (Å²) >= 11 is 0. The summed E-state index contributed by atoms with van der Waals surface area (Å²) in [6, 6.07) is 0. The predicted molar refractivity (Wildman–Crippen MR) is 105 cm³/mol. The Kier molecular flexibility index (Phi) is 4.68. The molecule has 0 spiro atoms. The molecule has 1 heterocycles. The Hall–Kier alpha value is -2.18. The van der Waals surface area contributed by atoms with Gasteiger partial charge in [-0.3, -0.25) is 19.2 Å². The van der Waals surface area contributed by atoms with Crippen LogP contribution in [0, 0.1) is 40.4 Å². The third kappa shape index (κ3) is 2.50. The van der Waals surface area contributed by atoms with E-state index in [9.17, 15) is 19.2 Å². The summed E-state index contributed by atoms with van der Waals surface area (Å²) in [4.78, 5) is 51.6. The first-order valence-electron chi connectivity index (χ1n) is 10.7. The van der Waals surface area contributed by atoms with Crippen molar-refractivity contribution in [3.05, 3.63) is 11.8 Å². The number of Topliss-reactive ketones (excluding diaryl/α,β-unsaturated/α-hetero) is 2. The van der Waals surface area contributed by atoms with Crippen molar-refractivity contribution < 1.29 is 33.4 Å². The fraction of sp³-hybridized carbons (Fsp3) is 0.739. The molecule has 7 nitrogen and oxygen atoms in total. The second-order valence-corrected chi connectivity index (χ2v) is 9.90. The van der Waals surface area contributed by atoms with Gasteiger partial charge in [-0.1, -0.05) is 27.7 Å². The van der Waals surface area contributed by atoms with Crippen LogP contribution in [0.5, 0.6) is 0 Å². The summed E-state index contributed by atoms with van der Waals surface area (Å²) in [5, 5.41) is 0. The minimum atomic E-state index is -1.06. The van der Waals surface area contributed by atoms with E-state index >= 15 is 0 Å². The lowest BCUT2D eigenvalue weighted by molar-refractivity contribution is -0.252. The van der Waals surface area contributed by atoms with Crippen molar-refractivity contribution in [2.45, 2.75) is 59.7 Å². The van der Waals surface area contributed by atoms with E-state index in [1.807, 2.05) is 26.8 Å². The number of ether oxygens (including phenoxy) is 3. The van der Waals surface area contributed by atoms with Gasteiger partial charge in [-0.05, 0) is 30.3 Å². The number of rotatable bonds is 2. The zero-order valence-corrected chi connectivity index (χ0v) is 18.4. The molecule has 0 amide bonds. The molecule has 4 aliphatic rings. The van der Waals surface area contributed by atoms with Crippen LogP contribution in [0.3, 0.4) is 0 Å². The fourth-order valence-electron chi connectivity index (χ4n) is 7.27. The van der Waals surface area contributed by atoms with Crippen LogP contribution in [0.4, 0.5) is 0 Å². The predicted octanol–water partition coefficient (Wildman–Crippen LogP) is 2.47. The van der Waals surface area contributed by atoms with E-state index in [2.05, 4.69) is 0 Å². The maximum Gasteiger partial charge on any atom is 0.306 e. The van der Waals surface area contributed by atoms with Crippen LogP contribution in [0.25, 0.3) is 0 Å². The molecule has 164 valence electrons. The largest absolute Gasteiger partial charge is 0.493 e. The van der Waals surface area contributed by atoms with Crippen molar-refractivity contribution in [3.8, 4) is 0 Å². The molecule has 9 unspecified atom stereocenters. The van der Waals surface area contributed by atoms with Crippen LogP contribution < -0.4 is 0 Å². The molecule has 0 aromatic heterocycles. The molecule has 4 rings (SSSR count). The van der Waals surface area contributed by atoms with E-state index in [0.717, 1.165) is 0 Å². The molecule has 0 aromatic rings. The van der Waals surface area contributed by atoms with Gasteiger partial charge >= 0.3 is 11.9 Å². The molecule has 7 heteroatoms. The van der Waals surface area contributed by atoms with Crippen LogP contribution in [-0.2, 0) is 33.4 Å². The second-order valence-electron chi connectivity index (χ2n) is 9.90. The first-order valence-corrected chi connectivity index (χ1v) is 10.7. The number of carbonyl (C=O) groups is 4. The first-order chi connectivity index (χ1) is 14.0. The summed E-state index contributed by atoms with van der Waals surface area (Å²) < 4.78 is 16.9. The molecule has 0 aromatic carbocycles. The molecule has 30 heavy (non-hydrogen) atoms. The zero-order chi connectivity index (χ0) is 22.2. The molecule has 1 aliphatic heterocycles. The van der Waals surface area contributed by atoms with Crippen LogP contribution in [0.15, 0.2) is 11.8 Å². The summed E-state index contributed by atoms with van der Waals surface area (Å²) in [6.07, 6.45) is 0.972. The summed E-state index contributed by atoms with van der Waals surface area (Å²) in [6.45, 7) is 8.96. The van der Waals surface area contributed by atoms with E-state index in [-0.39, 0.29) is 47.5 Å². The van der Waals surface area contributed by atoms with Crippen LogP contribution in [0.1, 0.15) is 47.5 Å². The highest BCUT2D eigenvalue weighted by molar-refractivity contribution is 6.01. The standard InChI is InChI=1S/C23H30O7/c1-10-7-15(28-6)21(27)23(5)13(10)8-16-22(4)14(9-17(25)30-16)11(2)18(26)19(20(22)23)29-12(3)24/h7,10-11,13-14,16,19-20H,8-9H2,1-6H3. The highest BCUT2D eigenvalue weighted by Crippen LogP contribution is 2.68. The Morgan fingerprint density at radius 2 is 1.83 bits per heavy atom. The van der Waals surface area contributed by atoms with Crippen LogP contribution in [0.2, 0.25) is 0 Å². The number of esters is 2. The monoisotopic (exact) mass is 418 g/mol. The average Bonchev–Trinajstić information content (AvgIpc) is 2.67. The summed E-state index contributed by atoms with van der Waals surface area (Å²) in [7, 11) is 1.47. The Balaban J connectivity index is 1.96. The molecular weight excluding hydrogens is 388 g/mol. The number of carbonyl (C=O) groups excluding carboxylic acids is 4. The number of ketones is 2. The number of hydrogen-bond acceptors (Lipinski definition) is 7. The van der Waals surface area contributed by atoms with Crippen molar-refractivity contribution in [2.75, 3.05) is 7.11 Å². The van der Waals surface area contributed by atoms with E-state index in [1.165, 1.54) is 14.0 Å². The van der Waals surface area contributed by atoms with E-state index in [4.69, 9.17) is 14.2 Å². The minimum absolute atomic E-state index is 0.0290. The topological polar surface area (TPSA) is 96.0 Å². The van der Waals surface area contributed by atoms with Crippen molar-refractivity contribution in [2.24, 2.45) is 40.4 Å². The van der Waals surface area contributed by atoms with Gasteiger partial charge in [0.2, 0.25) is 5.78 Å². The molecule has 1 saturated heterocycles. The first kappa shape index (κ1) is 21.1. The van der Waals surface area contributed by atoms with Crippen molar-refractivity contribution in [1.82, 2.24) is 0 Å². The molecule has 2 saturated carbocycles. The Morgan fingerprint density at radius 3 is 2.43 bits per heavy atom. The molecule has 0 bridgehead atoms. The smallest absolute Gasteiger partial charge is 0.306 e. The van der Waals surface area contributed by atoms with E-state index < -0.39 is 40.8 Å². The Morgan fingerprint density at radius 1 is 1.17 bits per heavy atom. The number of fused-ring (bicyclic) bond motifs is 2. The molecular formula is C23H30O7. The van der Waals surface area contributed by atoms with Gasteiger partial charge < -0.3 is 14.2 Å². The van der Waals surface area contributed by atoms with Gasteiger partial charge in [-0.25, -0.2) is 0 Å². The number of methoxy groups -OCH3 is 1. The maximum absolute atomic E-state index is 13.7. The van der Waals surface area contributed by atoms with Gasteiger partial charge in [0, 0.05) is 36.0 Å². The zero-order valence-electron chi connectivity index (χ0n) is 18.4. The highest BCUT2D eigenvalue weighted by Gasteiger charge is 2.73. The Bertz CT molecular complexity index is 860. The highest BCUT2D eigenvalue weighted by atomic mass is 16.6. The van der Waals surface area contributed by atoms with Crippen LogP contribution >= 0.6 is 0 Å². The van der Waals surface area contributed by atoms with Gasteiger partial charge in [0.05, 0.1) is 7.11 Å². The van der Waals surface area contributed by atoms with Crippen LogP contribution in [-0.4, -0.2) is 42.8 Å². The normalized spacial score (nSPS) is 47.5. The lowest BCUT2D eigenvalue weighted by Gasteiger charge is -2.66. The lowest BCUT2D eigenvalue weighted by Crippen LogP contribution is -2.73. The second kappa shape index (κ2) is 6.66. The van der Waals surface area contributed by atoms with Gasteiger partial charge in [-0.2, -0.15) is 0 Å². The summed E-state index contributed by atoms with van der Waals surface area (Å²) in [5.74, 6) is -2.53. The Labute approximate surface area is 176 Å². The van der Waals surface area contributed by atoms with Crippen molar-refractivity contribution >= 4 is 23.5 Å². The molecule has 9 atom stereocenters. The number of hydrogen-bond donors (Lipinski definition) is 0. The SMILES string of the molecule is COC1=CC(C)C2CC3OC(=O)CC4C(C)C(=O)C(OC(C)=O)C(C2(C)C1=O)C34C. The fourth-order valence-corrected chi connectivity index (χ4v) is 7.27. The molecule has 3 aliphatic carbocycles. The van der Waals surface area contributed by atoms with Gasteiger partial charge in [0.15, 0.2) is 17.6 Å². The van der Waals surface area contributed by atoms with Crippen molar-refractivity contribution in [3.63, 3.8) is 0 Å². The lowest BCUT2D eigenvalue weighted by atomic mass is 9.38. The van der Waals surface area contributed by atoms with Gasteiger partial charge in [0.25, 0.3) is 0 Å². The number of allylic oxidation sites excluding steroid dienone is 2. The maximum atomic E-state index is 13.7. The average molecular weight is 418 g/mol. The van der Waals surface area contributed by atoms with E-state index in [1.54, 1.807) is 6.92 Å². The summed E-state index contributed by atoms with van der Waals surface area (Å²) in [5.41, 5.74) is -1.65. The third-order valence-corrected chi connectivity index (χ3v) is 8.62.